The number of aromatic nitrogens is 3. The van der Waals surface area contributed by atoms with Gasteiger partial charge in [-0.25, -0.2) is 4.79 Å². The number of rotatable bonds is 9. The van der Waals surface area contributed by atoms with Crippen LogP contribution in [-0.4, -0.2) is 44.9 Å². The molecule has 9 nitrogen and oxygen atoms in total. The molecule has 1 atom stereocenters. The summed E-state index contributed by atoms with van der Waals surface area (Å²) in [7, 11) is 1.79. The van der Waals surface area contributed by atoms with Gasteiger partial charge in [-0.05, 0) is 50.2 Å². The van der Waals surface area contributed by atoms with Crippen LogP contribution < -0.4 is 10.6 Å². The summed E-state index contributed by atoms with van der Waals surface area (Å²) < 4.78 is 6.69. The summed E-state index contributed by atoms with van der Waals surface area (Å²) in [6.45, 7) is 3.87. The smallest absolute Gasteiger partial charge is 0.338 e. The Morgan fingerprint density at radius 2 is 1.73 bits per heavy atom. The van der Waals surface area contributed by atoms with Gasteiger partial charge in [0.1, 0.15) is 0 Å². The van der Waals surface area contributed by atoms with Crippen LogP contribution in [0.4, 0.5) is 5.69 Å². The van der Waals surface area contributed by atoms with Crippen molar-refractivity contribution in [1.29, 1.82) is 0 Å². The number of hydrogen-bond acceptors (Lipinski definition) is 7. The Morgan fingerprint density at radius 1 is 1.03 bits per heavy atom. The molecule has 172 valence electrons. The first-order valence-corrected chi connectivity index (χ1v) is 11.3. The number of hydrogen-bond donors (Lipinski definition) is 2. The molecule has 2 aromatic carbocycles. The predicted octanol–water partition coefficient (Wildman–Crippen LogP) is 3.21. The van der Waals surface area contributed by atoms with Crippen LogP contribution in [0, 0.1) is 0 Å². The van der Waals surface area contributed by atoms with Crippen LogP contribution in [0.25, 0.3) is 0 Å². The number of ether oxygens (including phenoxy) is 1. The predicted molar refractivity (Wildman–Crippen MR) is 125 cm³/mol. The number of benzene rings is 2. The number of nitrogens with zero attached hydrogens (tertiary/aromatic N) is 3. The second-order valence-electron chi connectivity index (χ2n) is 7.10. The molecule has 0 fully saturated rings. The van der Waals surface area contributed by atoms with E-state index in [0.29, 0.717) is 34.4 Å². The van der Waals surface area contributed by atoms with Gasteiger partial charge in [-0.2, -0.15) is 0 Å². The highest BCUT2D eigenvalue weighted by Gasteiger charge is 2.19. The van der Waals surface area contributed by atoms with Crippen LogP contribution in [0.3, 0.4) is 0 Å². The fourth-order valence-corrected chi connectivity index (χ4v) is 3.71. The number of anilines is 1. The van der Waals surface area contributed by atoms with Crippen molar-refractivity contribution < 1.29 is 19.1 Å². The largest absolute Gasteiger partial charge is 0.462 e. The minimum atomic E-state index is -0.404. The Kier molecular flexibility index (Phi) is 8.20. The van der Waals surface area contributed by atoms with E-state index in [2.05, 4.69) is 20.8 Å². The quantitative estimate of drug-likeness (QED) is 0.367. The number of amides is 2. The lowest BCUT2D eigenvalue weighted by Crippen LogP contribution is -2.28. The zero-order valence-corrected chi connectivity index (χ0v) is 19.4. The lowest BCUT2D eigenvalue weighted by Gasteiger charge is -2.13. The normalized spacial score (nSPS) is 11.5. The average Bonchev–Trinajstić information content (AvgIpc) is 3.19. The lowest BCUT2D eigenvalue weighted by molar-refractivity contribution is -0.113. The number of esters is 1. The third kappa shape index (κ3) is 6.42. The Morgan fingerprint density at radius 3 is 2.39 bits per heavy atom. The van der Waals surface area contributed by atoms with Crippen molar-refractivity contribution in [3.63, 3.8) is 0 Å². The molecule has 3 rings (SSSR count). The van der Waals surface area contributed by atoms with Gasteiger partial charge in [0, 0.05) is 18.3 Å². The first-order chi connectivity index (χ1) is 15.9. The van der Waals surface area contributed by atoms with Crippen molar-refractivity contribution >= 4 is 35.2 Å². The van der Waals surface area contributed by atoms with Crippen LogP contribution in [-0.2, 0) is 16.6 Å². The molecule has 0 bridgehead atoms. The second kappa shape index (κ2) is 11.3. The van der Waals surface area contributed by atoms with Crippen molar-refractivity contribution in [2.45, 2.75) is 25.0 Å². The topological polar surface area (TPSA) is 115 Å². The first-order valence-electron chi connectivity index (χ1n) is 10.3. The van der Waals surface area contributed by atoms with E-state index in [-0.39, 0.29) is 23.6 Å². The molecular formula is C23H25N5O4S. The molecular weight excluding hydrogens is 442 g/mol. The van der Waals surface area contributed by atoms with Gasteiger partial charge in [-0.15, -0.1) is 10.2 Å². The van der Waals surface area contributed by atoms with Crippen LogP contribution in [0.5, 0.6) is 0 Å². The summed E-state index contributed by atoms with van der Waals surface area (Å²) in [5, 5.41) is 14.5. The molecule has 1 heterocycles. The maximum absolute atomic E-state index is 12.4. The van der Waals surface area contributed by atoms with Crippen molar-refractivity contribution in [1.82, 2.24) is 20.1 Å². The molecule has 10 heteroatoms. The Bertz CT molecular complexity index is 1120. The third-order valence-corrected chi connectivity index (χ3v) is 5.67. The van der Waals surface area contributed by atoms with E-state index < -0.39 is 5.97 Å². The Balaban J connectivity index is 1.53. The molecule has 3 aromatic rings. The molecule has 0 saturated heterocycles. The highest BCUT2D eigenvalue weighted by atomic mass is 32.2. The number of nitrogens with one attached hydrogen (secondary N) is 2. The van der Waals surface area contributed by atoms with Crippen LogP contribution >= 0.6 is 11.8 Å². The molecule has 0 aliphatic rings. The minimum Gasteiger partial charge on any atom is -0.462 e. The second-order valence-corrected chi connectivity index (χ2v) is 8.04. The summed E-state index contributed by atoms with van der Waals surface area (Å²) >= 11 is 1.23. The van der Waals surface area contributed by atoms with E-state index in [1.165, 1.54) is 11.8 Å². The van der Waals surface area contributed by atoms with Crippen molar-refractivity contribution in [3.05, 3.63) is 71.5 Å². The molecule has 1 aromatic heterocycles. The van der Waals surface area contributed by atoms with Crippen molar-refractivity contribution in [2.24, 2.45) is 7.05 Å². The third-order valence-electron chi connectivity index (χ3n) is 4.65. The molecule has 2 amide bonds. The maximum Gasteiger partial charge on any atom is 0.338 e. The first kappa shape index (κ1) is 24.0. The van der Waals surface area contributed by atoms with Gasteiger partial charge in [0.15, 0.2) is 11.0 Å². The zero-order chi connectivity index (χ0) is 23.8. The van der Waals surface area contributed by atoms with Crippen molar-refractivity contribution in [2.75, 3.05) is 17.7 Å². The van der Waals surface area contributed by atoms with E-state index in [4.69, 9.17) is 4.74 Å². The molecule has 0 saturated carbocycles. The molecule has 0 spiro atoms. The average molecular weight is 468 g/mol. The number of thioether (sulfide) groups is 1. The Hall–Kier alpha value is -3.66. The van der Waals surface area contributed by atoms with E-state index in [1.54, 1.807) is 67.1 Å². The van der Waals surface area contributed by atoms with Gasteiger partial charge in [0.2, 0.25) is 5.91 Å². The number of carbonyl (C=O) groups excluding carboxylic acids is 3. The summed E-state index contributed by atoms with van der Waals surface area (Å²) in [4.78, 5) is 36.4. The van der Waals surface area contributed by atoms with E-state index in [0.717, 1.165) is 0 Å². The standard InChI is InChI=1S/C23H25N5O4S/c1-4-32-22(31)17-10-12-18(13-11-17)25-19(29)14-33-23-27-26-20(28(23)3)15(2)24-21(30)16-8-6-5-7-9-16/h5-13,15H,4,14H2,1-3H3,(H,24,30)(H,25,29)/t15-/m0/s1. The van der Waals surface area contributed by atoms with Gasteiger partial charge in [0.25, 0.3) is 5.91 Å². The molecule has 2 N–H and O–H groups in total. The molecule has 33 heavy (non-hydrogen) atoms. The fourth-order valence-electron chi connectivity index (χ4n) is 2.99. The lowest BCUT2D eigenvalue weighted by atomic mass is 10.2. The SMILES string of the molecule is CCOC(=O)c1ccc(NC(=O)CSc2nnc([C@H](C)NC(=O)c3ccccc3)n2C)cc1. The molecule has 0 aliphatic carbocycles. The molecule has 0 aliphatic heterocycles. The molecule has 0 unspecified atom stereocenters. The van der Waals surface area contributed by atoms with E-state index >= 15 is 0 Å². The van der Waals surface area contributed by atoms with Crippen molar-refractivity contribution in [3.8, 4) is 0 Å². The van der Waals surface area contributed by atoms with Gasteiger partial charge >= 0.3 is 5.97 Å². The highest BCUT2D eigenvalue weighted by molar-refractivity contribution is 7.99. The van der Waals surface area contributed by atoms with Gasteiger partial charge < -0.3 is 19.9 Å². The van der Waals surface area contributed by atoms with Crippen LogP contribution in [0.15, 0.2) is 59.8 Å². The van der Waals surface area contributed by atoms with Gasteiger partial charge in [-0.1, -0.05) is 30.0 Å². The zero-order valence-electron chi connectivity index (χ0n) is 18.6. The van der Waals surface area contributed by atoms with Gasteiger partial charge in [0.05, 0.1) is 24.0 Å². The summed E-state index contributed by atoms with van der Waals surface area (Å²) in [6, 6.07) is 15.1. The van der Waals surface area contributed by atoms with Gasteiger partial charge in [-0.3, -0.25) is 9.59 Å². The number of carbonyl (C=O) groups is 3. The Labute approximate surface area is 195 Å². The van der Waals surface area contributed by atoms with Crippen LogP contribution in [0.2, 0.25) is 0 Å². The fraction of sp³-hybridized carbons (Fsp3) is 0.261. The van der Waals surface area contributed by atoms with E-state index in [9.17, 15) is 14.4 Å². The van der Waals surface area contributed by atoms with E-state index in [1.807, 2.05) is 13.0 Å². The van der Waals surface area contributed by atoms with Crippen LogP contribution in [0.1, 0.15) is 46.4 Å². The summed E-state index contributed by atoms with van der Waals surface area (Å²) in [5.74, 6) is -0.126. The summed E-state index contributed by atoms with van der Waals surface area (Å²) in [6.07, 6.45) is 0. The monoisotopic (exact) mass is 467 g/mol. The molecule has 0 radical (unpaired) electrons. The minimum absolute atomic E-state index is 0.121. The highest BCUT2D eigenvalue weighted by Crippen LogP contribution is 2.20. The summed E-state index contributed by atoms with van der Waals surface area (Å²) in [5.41, 5.74) is 1.56. The maximum atomic E-state index is 12.4.